The van der Waals surface area contributed by atoms with Crippen LogP contribution in [0.1, 0.15) is 17.2 Å². The minimum atomic E-state index is -1.50. The van der Waals surface area contributed by atoms with Crippen LogP contribution in [0.4, 0.5) is 0 Å². The van der Waals surface area contributed by atoms with Crippen LogP contribution in [0.2, 0.25) is 0 Å². The van der Waals surface area contributed by atoms with E-state index in [-0.39, 0.29) is 6.04 Å². The van der Waals surface area contributed by atoms with Crippen LogP contribution in [0.3, 0.4) is 0 Å². The second-order valence-electron chi connectivity index (χ2n) is 5.95. The molecule has 0 amide bonds. The molecule has 2 aromatic carbocycles. The molecular weight excluding hydrogens is 444 g/mol. The summed E-state index contributed by atoms with van der Waals surface area (Å²) in [6.45, 7) is 0.907. The molecule has 1 unspecified atom stereocenters. The zero-order chi connectivity index (χ0) is 20.6. The predicted molar refractivity (Wildman–Crippen MR) is 107 cm³/mol. The fourth-order valence-electron chi connectivity index (χ4n) is 2.78. The molecule has 1 aliphatic heterocycles. The van der Waals surface area contributed by atoms with Crippen LogP contribution in [0.25, 0.3) is 0 Å². The summed E-state index contributed by atoms with van der Waals surface area (Å²) in [5.74, 6) is 0.824. The number of oxime groups is 1. The summed E-state index contributed by atoms with van der Waals surface area (Å²) in [7, 11) is 0. The second-order valence-corrected chi connectivity index (χ2v) is 6.86. The fourth-order valence-corrected chi connectivity index (χ4v) is 3.04. The lowest BCUT2D eigenvalue weighted by atomic mass is 10.00. The molecule has 0 radical (unpaired) electrons. The minimum absolute atomic E-state index is 0.0673. The van der Waals surface area contributed by atoms with E-state index >= 15 is 0 Å². The molecule has 4 rings (SSSR count). The predicted octanol–water partition coefficient (Wildman–Crippen LogP) is 3.85. The van der Waals surface area contributed by atoms with Crippen LogP contribution in [-0.2, 0) is 11.4 Å². The normalized spacial score (nSPS) is 16.2. The van der Waals surface area contributed by atoms with Crippen molar-refractivity contribution in [2.24, 2.45) is 5.16 Å². The number of fused-ring (bicyclic) bond motifs is 1. The molecule has 9 nitrogen and oxygen atoms in total. The molecule has 1 atom stereocenters. The molecule has 2 heterocycles. The van der Waals surface area contributed by atoms with Gasteiger partial charge in [0.15, 0.2) is 0 Å². The number of ether oxygens (including phenoxy) is 1. The summed E-state index contributed by atoms with van der Waals surface area (Å²) in [5, 5.41) is 18.1. The highest BCUT2D eigenvalue weighted by molar-refractivity contribution is 9.10. The van der Waals surface area contributed by atoms with Crippen LogP contribution in [-0.4, -0.2) is 32.2 Å². The molecule has 150 valence electrons. The maximum absolute atomic E-state index is 8.36. The van der Waals surface area contributed by atoms with Gasteiger partial charge in [-0.2, -0.15) is 0 Å². The average molecular weight is 461 g/mol. The van der Waals surface area contributed by atoms with Gasteiger partial charge in [0.05, 0.1) is 6.33 Å². The lowest BCUT2D eigenvalue weighted by molar-refractivity contribution is -0.742. The van der Waals surface area contributed by atoms with Crippen molar-refractivity contribution in [2.45, 2.75) is 12.6 Å². The van der Waals surface area contributed by atoms with Gasteiger partial charge in [0.1, 0.15) is 30.7 Å². The topological polar surface area (TPSA) is 112 Å². The van der Waals surface area contributed by atoms with E-state index in [4.69, 9.17) is 24.9 Å². The molecule has 10 heteroatoms. The molecule has 0 saturated carbocycles. The number of rotatable bonds is 4. The summed E-state index contributed by atoms with van der Waals surface area (Å²) >= 11 is 3.43. The van der Waals surface area contributed by atoms with Crippen molar-refractivity contribution < 1.29 is 19.9 Å². The van der Waals surface area contributed by atoms with E-state index in [1.54, 1.807) is 12.5 Å². The Balaban J connectivity index is 0.000000552. The largest absolute Gasteiger partial charge is 0.490 e. The lowest BCUT2D eigenvalue weighted by Crippen LogP contribution is -2.30. The summed E-state index contributed by atoms with van der Waals surface area (Å²) < 4.78 is 8.90. The van der Waals surface area contributed by atoms with Crippen molar-refractivity contribution >= 4 is 21.6 Å². The van der Waals surface area contributed by atoms with Gasteiger partial charge in [0.25, 0.3) is 5.09 Å². The first-order valence-electron chi connectivity index (χ1n) is 8.52. The third kappa shape index (κ3) is 5.55. The van der Waals surface area contributed by atoms with Crippen LogP contribution < -0.4 is 4.74 Å². The van der Waals surface area contributed by atoms with Crippen molar-refractivity contribution in [3.63, 3.8) is 0 Å². The van der Waals surface area contributed by atoms with Gasteiger partial charge in [-0.1, -0.05) is 45.4 Å². The first kappa shape index (κ1) is 20.3. The Labute approximate surface area is 174 Å². The van der Waals surface area contributed by atoms with Crippen molar-refractivity contribution in [1.82, 2.24) is 9.55 Å². The molecule has 0 spiro atoms. The summed E-state index contributed by atoms with van der Waals surface area (Å²) in [6, 6.07) is 15.8. The van der Waals surface area contributed by atoms with Gasteiger partial charge < -0.3 is 19.3 Å². The molecule has 0 saturated heterocycles. The summed E-state index contributed by atoms with van der Waals surface area (Å²) in [4.78, 5) is 18.2. The Hall–Kier alpha value is -3.40. The first-order valence-corrected chi connectivity index (χ1v) is 9.31. The molecule has 0 aliphatic carbocycles. The van der Waals surface area contributed by atoms with Crippen molar-refractivity contribution in [3.05, 3.63) is 93.0 Å². The van der Waals surface area contributed by atoms with E-state index in [1.807, 2.05) is 59.3 Å². The molecule has 0 fully saturated rings. The number of hydrogen-bond donors (Lipinski definition) is 1. The molecule has 0 bridgehead atoms. The highest BCUT2D eigenvalue weighted by atomic mass is 79.9. The van der Waals surface area contributed by atoms with E-state index in [0.717, 1.165) is 27.1 Å². The van der Waals surface area contributed by atoms with Crippen molar-refractivity contribution in [2.75, 3.05) is 6.61 Å². The van der Waals surface area contributed by atoms with Gasteiger partial charge in [0, 0.05) is 22.4 Å². The lowest BCUT2D eigenvalue weighted by Gasteiger charge is -2.27. The van der Waals surface area contributed by atoms with Crippen LogP contribution in [0.15, 0.2) is 76.9 Å². The number of aromatic nitrogens is 2. The minimum Gasteiger partial charge on any atom is -0.490 e. The number of imidazole rings is 1. The van der Waals surface area contributed by atoms with E-state index in [9.17, 15) is 0 Å². The molecule has 1 N–H and O–H groups in total. The van der Waals surface area contributed by atoms with E-state index in [2.05, 4.69) is 26.1 Å². The summed E-state index contributed by atoms with van der Waals surface area (Å²) in [5.41, 5.74) is 2.85. The highest BCUT2D eigenvalue weighted by Gasteiger charge is 2.28. The number of benzene rings is 2. The zero-order valence-corrected chi connectivity index (χ0v) is 16.7. The van der Waals surface area contributed by atoms with Gasteiger partial charge in [-0.15, -0.1) is 10.1 Å². The van der Waals surface area contributed by atoms with Crippen LogP contribution >= 0.6 is 15.9 Å². The Bertz CT molecular complexity index is 973. The molecule has 3 aromatic rings. The smallest absolute Gasteiger partial charge is 0.291 e. The van der Waals surface area contributed by atoms with Gasteiger partial charge in [0.2, 0.25) is 0 Å². The number of halogens is 1. The standard InChI is InChI=1S/C19H16BrN3O2.HNO3/c20-15-7-5-14(6-8-15)11-25-22-19-16-3-1-2-4-18(16)24-12-17(19)23-10-9-21-13-23;2-1(3)4/h1-10,13,17H,11-12H2;(H,2,3,4)/b22-19-;. The third-order valence-corrected chi connectivity index (χ3v) is 4.60. The Kier molecular flexibility index (Phi) is 6.80. The van der Waals surface area contributed by atoms with Crippen LogP contribution in [0.5, 0.6) is 5.75 Å². The monoisotopic (exact) mass is 460 g/mol. The Morgan fingerprint density at radius 2 is 2.03 bits per heavy atom. The zero-order valence-electron chi connectivity index (χ0n) is 15.1. The fraction of sp³-hybridized carbons (Fsp3) is 0.158. The maximum Gasteiger partial charge on any atom is 0.291 e. The molecule has 1 aliphatic rings. The molecular formula is C19H17BrN4O5. The van der Waals surface area contributed by atoms with Crippen molar-refractivity contribution in [1.29, 1.82) is 0 Å². The maximum atomic E-state index is 8.36. The third-order valence-electron chi connectivity index (χ3n) is 4.07. The van der Waals surface area contributed by atoms with E-state index in [1.165, 1.54) is 0 Å². The second kappa shape index (κ2) is 9.69. The Morgan fingerprint density at radius 1 is 1.31 bits per heavy atom. The highest BCUT2D eigenvalue weighted by Crippen LogP contribution is 2.30. The van der Waals surface area contributed by atoms with Gasteiger partial charge >= 0.3 is 0 Å². The van der Waals surface area contributed by atoms with Gasteiger partial charge in [-0.3, -0.25) is 0 Å². The molecule has 29 heavy (non-hydrogen) atoms. The molecule has 1 aromatic heterocycles. The van der Waals surface area contributed by atoms with Crippen molar-refractivity contribution in [3.8, 4) is 5.75 Å². The first-order chi connectivity index (χ1) is 14.0. The number of para-hydroxylation sites is 1. The number of nitrogens with zero attached hydrogens (tertiary/aromatic N) is 4. The van der Waals surface area contributed by atoms with E-state index in [0.29, 0.717) is 13.2 Å². The Morgan fingerprint density at radius 3 is 2.72 bits per heavy atom. The summed E-state index contributed by atoms with van der Waals surface area (Å²) in [6.07, 6.45) is 5.43. The van der Waals surface area contributed by atoms with Gasteiger partial charge in [-0.25, -0.2) is 4.98 Å². The average Bonchev–Trinajstić information content (AvgIpc) is 3.24. The van der Waals surface area contributed by atoms with Gasteiger partial charge in [-0.05, 0) is 29.8 Å². The quantitative estimate of drug-likeness (QED) is 0.467. The number of hydrogen-bond acceptors (Lipinski definition) is 6. The van der Waals surface area contributed by atoms with E-state index < -0.39 is 5.09 Å². The SMILES string of the molecule is Brc1ccc(CO/N=C2/c3ccccc3OCC2n2ccnc2)cc1.O=[N+]([O-])O. The van der Waals surface area contributed by atoms with Crippen LogP contribution in [0, 0.1) is 10.1 Å².